The zero-order chi connectivity index (χ0) is 9.90. The van der Waals surface area contributed by atoms with Crippen LogP contribution in [0.15, 0.2) is 30.3 Å². The lowest BCUT2D eigenvalue weighted by atomic mass is 9.75. The lowest BCUT2D eigenvalue weighted by Crippen LogP contribution is -2.26. The number of hydrogen-bond acceptors (Lipinski definition) is 0. The van der Waals surface area contributed by atoms with Crippen molar-refractivity contribution in [2.75, 3.05) is 0 Å². The van der Waals surface area contributed by atoms with Gasteiger partial charge in [-0.2, -0.15) is 0 Å². The molecule has 1 aromatic rings. The van der Waals surface area contributed by atoms with Gasteiger partial charge >= 0.3 is 0 Å². The molecule has 0 saturated carbocycles. The molecule has 0 spiro atoms. The molecule has 70 valence electrons. The zero-order valence-electron chi connectivity index (χ0n) is 9.17. The summed E-state index contributed by atoms with van der Waals surface area (Å²) in [5.41, 5.74) is 1.81. The zero-order valence-corrected chi connectivity index (χ0v) is 11.2. The molecule has 1 aromatic carbocycles. The van der Waals surface area contributed by atoms with Crippen LogP contribution in [0.5, 0.6) is 0 Å². The van der Waals surface area contributed by atoms with Gasteiger partial charge < -0.3 is 0 Å². The van der Waals surface area contributed by atoms with Crippen molar-refractivity contribution in [1.82, 2.24) is 0 Å². The lowest BCUT2D eigenvalue weighted by molar-refractivity contribution is 0.372. The third-order valence-electron chi connectivity index (χ3n) is 3.36. The molecule has 1 rings (SSSR count). The summed E-state index contributed by atoms with van der Waals surface area (Å²) in [6.45, 7) is 7.07. The normalized spacial score (nSPS) is 14.1. The van der Waals surface area contributed by atoms with E-state index in [-0.39, 0.29) is 0 Å². The van der Waals surface area contributed by atoms with E-state index >= 15 is 0 Å². The van der Waals surface area contributed by atoms with Crippen LogP contribution in [0.1, 0.15) is 26.3 Å². The van der Waals surface area contributed by atoms with Crippen LogP contribution in [-0.2, 0) is 5.41 Å². The van der Waals surface area contributed by atoms with E-state index in [1.54, 1.807) is 0 Å². The Morgan fingerprint density at radius 1 is 1.23 bits per heavy atom. The second-order valence-corrected chi connectivity index (χ2v) is 5.21. The summed E-state index contributed by atoms with van der Waals surface area (Å²) < 4.78 is 0. The van der Waals surface area contributed by atoms with Crippen LogP contribution < -0.4 is 0 Å². The van der Waals surface area contributed by atoms with Crippen LogP contribution in [0.2, 0.25) is 5.28 Å². The molecule has 0 bridgehead atoms. The van der Waals surface area contributed by atoms with Gasteiger partial charge in [0, 0.05) is 0 Å². The maximum Gasteiger partial charge on any atom is 0.212 e. The standard InChI is InChI=1S/C12H17.Al.2H/c1-10(2)12(3,4)11-8-6-5-7-9-11;;;/h5-10H,1H2,2-4H3;;;. The highest BCUT2D eigenvalue weighted by Gasteiger charge is 2.25. The summed E-state index contributed by atoms with van der Waals surface area (Å²) in [5, 5.41) is 1.38. The van der Waals surface area contributed by atoms with Crippen LogP contribution in [0, 0.1) is 5.92 Å². The molecule has 1 heteroatoms. The van der Waals surface area contributed by atoms with Crippen LogP contribution in [0.25, 0.3) is 0 Å². The first-order chi connectivity index (χ1) is 6.09. The van der Waals surface area contributed by atoms with Gasteiger partial charge in [0.2, 0.25) is 16.3 Å². The fourth-order valence-electron chi connectivity index (χ4n) is 1.66. The molecule has 0 amide bonds. The molecular weight excluding hydrogens is 171 g/mol. The van der Waals surface area contributed by atoms with E-state index in [0.717, 1.165) is 5.92 Å². The second-order valence-electron chi connectivity index (χ2n) is 4.40. The Balaban J connectivity index is 2.93. The highest BCUT2D eigenvalue weighted by atomic mass is 27.0. The van der Waals surface area contributed by atoms with Gasteiger partial charge in [0.1, 0.15) is 0 Å². The van der Waals surface area contributed by atoms with Gasteiger partial charge in [0.25, 0.3) is 0 Å². The van der Waals surface area contributed by atoms with Gasteiger partial charge in [0.15, 0.2) is 0 Å². The maximum absolute atomic E-state index is 2.36. The number of benzene rings is 1. The third-order valence-corrected chi connectivity index (χ3v) is 4.59. The van der Waals surface area contributed by atoms with Gasteiger partial charge in [-0.15, -0.1) is 0 Å². The minimum absolute atomic E-state index is 0.336. The molecule has 0 nitrogen and oxygen atoms in total. The van der Waals surface area contributed by atoms with E-state index in [9.17, 15) is 0 Å². The molecule has 0 heterocycles. The molecule has 1 atom stereocenters. The predicted octanol–water partition coefficient (Wildman–Crippen LogP) is 2.65. The Kier molecular flexibility index (Phi) is 3.59. The molecule has 0 aliphatic carbocycles. The molecule has 13 heavy (non-hydrogen) atoms. The van der Waals surface area contributed by atoms with Crippen molar-refractivity contribution in [3.05, 3.63) is 35.9 Å². The van der Waals surface area contributed by atoms with E-state index < -0.39 is 0 Å². The summed E-state index contributed by atoms with van der Waals surface area (Å²) >= 11 is 1.30. The van der Waals surface area contributed by atoms with Crippen molar-refractivity contribution >= 4 is 16.3 Å². The van der Waals surface area contributed by atoms with E-state index in [4.69, 9.17) is 0 Å². The van der Waals surface area contributed by atoms with Crippen LogP contribution in [-0.4, -0.2) is 16.3 Å². The first-order valence-corrected chi connectivity index (χ1v) is 6.56. The van der Waals surface area contributed by atoms with Crippen molar-refractivity contribution < 1.29 is 0 Å². The Morgan fingerprint density at radius 3 is 2.23 bits per heavy atom. The Hall–Kier alpha value is -0.248. The fourth-order valence-corrected chi connectivity index (χ4v) is 2.68. The molecule has 0 fully saturated rings. The highest BCUT2D eigenvalue weighted by molar-refractivity contribution is 6.08. The van der Waals surface area contributed by atoms with Crippen molar-refractivity contribution in [3.63, 3.8) is 0 Å². The minimum atomic E-state index is 0.336. The van der Waals surface area contributed by atoms with Gasteiger partial charge in [-0.1, -0.05) is 56.4 Å². The molecule has 0 aliphatic heterocycles. The minimum Gasteiger partial charge on any atom is -0.0979 e. The summed E-state index contributed by atoms with van der Waals surface area (Å²) in [5.74, 6) is 0.793. The Labute approximate surface area is 89.8 Å². The smallest absolute Gasteiger partial charge is 0.0979 e. The van der Waals surface area contributed by atoms with E-state index in [2.05, 4.69) is 51.1 Å². The quantitative estimate of drug-likeness (QED) is 0.643. The molecule has 1 unspecified atom stereocenters. The van der Waals surface area contributed by atoms with Gasteiger partial charge in [-0.25, -0.2) is 0 Å². The molecular formula is C12H19Al. The third kappa shape index (κ3) is 2.36. The molecule has 0 aliphatic rings. The van der Waals surface area contributed by atoms with Crippen molar-refractivity contribution in [2.45, 2.75) is 31.5 Å². The molecule has 0 aromatic heterocycles. The highest BCUT2D eigenvalue weighted by Crippen LogP contribution is 2.32. The summed E-state index contributed by atoms with van der Waals surface area (Å²) in [7, 11) is 0. The van der Waals surface area contributed by atoms with Crippen molar-refractivity contribution in [3.8, 4) is 0 Å². The Morgan fingerprint density at radius 2 is 1.77 bits per heavy atom. The average molecular weight is 190 g/mol. The monoisotopic (exact) mass is 190 g/mol. The van der Waals surface area contributed by atoms with E-state index in [1.165, 1.54) is 27.1 Å². The van der Waals surface area contributed by atoms with Gasteiger partial charge in [0.05, 0.1) is 0 Å². The van der Waals surface area contributed by atoms with E-state index in [0.29, 0.717) is 5.41 Å². The van der Waals surface area contributed by atoms with Crippen molar-refractivity contribution in [1.29, 1.82) is 0 Å². The molecule has 0 radical (unpaired) electrons. The molecule has 0 saturated heterocycles. The average Bonchev–Trinajstić information content (AvgIpc) is 2.18. The SMILES string of the molecule is CC([CH2][AlH2])C(C)(C)c1ccccc1. The van der Waals surface area contributed by atoms with Gasteiger partial charge in [-0.05, 0) is 16.9 Å². The summed E-state index contributed by atoms with van der Waals surface area (Å²) in [6, 6.07) is 10.8. The predicted molar refractivity (Wildman–Crippen MR) is 62.0 cm³/mol. The van der Waals surface area contributed by atoms with Crippen LogP contribution in [0.3, 0.4) is 0 Å². The maximum atomic E-state index is 2.36. The summed E-state index contributed by atoms with van der Waals surface area (Å²) in [6.07, 6.45) is 0. The first-order valence-electron chi connectivity index (χ1n) is 5.14. The number of hydrogen-bond donors (Lipinski definition) is 0. The lowest BCUT2D eigenvalue weighted by Gasteiger charge is -2.32. The topological polar surface area (TPSA) is 0 Å². The van der Waals surface area contributed by atoms with Gasteiger partial charge in [-0.3, -0.25) is 0 Å². The Bertz CT molecular complexity index is 251. The first kappa shape index (κ1) is 10.8. The molecule has 0 N–H and O–H groups in total. The van der Waals surface area contributed by atoms with Crippen LogP contribution >= 0.6 is 0 Å². The van der Waals surface area contributed by atoms with E-state index in [1.807, 2.05) is 0 Å². The second kappa shape index (κ2) is 4.31. The largest absolute Gasteiger partial charge is 0.212 e. The summed E-state index contributed by atoms with van der Waals surface area (Å²) in [4.78, 5) is 0. The fraction of sp³-hybridized carbons (Fsp3) is 0.500. The number of rotatable bonds is 3. The van der Waals surface area contributed by atoms with Crippen LogP contribution in [0.4, 0.5) is 0 Å². The van der Waals surface area contributed by atoms with Crippen molar-refractivity contribution in [2.24, 2.45) is 5.92 Å².